The first kappa shape index (κ1) is 18.0. The predicted octanol–water partition coefficient (Wildman–Crippen LogP) is 4.80. The molecule has 136 valence electrons. The van der Waals surface area contributed by atoms with Crippen LogP contribution in [0.25, 0.3) is 0 Å². The molecule has 2 atom stereocenters. The standard InChI is InChI=1S/C19H22F3NO2/c1-12-8-17(2,3)11-18(9-12)10-15(24)23(16(18)25)14-6-4-5-13(7-14)19(20,21)22/h4-7,12H,8-11H2,1-3H3/t12-,18-/m0/s1. The molecular formula is C19H22F3NO2. The fraction of sp³-hybridized carbons (Fsp3) is 0.579. The van der Waals surface area contributed by atoms with Crippen molar-refractivity contribution in [3.63, 3.8) is 0 Å². The molecule has 1 aliphatic carbocycles. The quantitative estimate of drug-likeness (QED) is 0.680. The Bertz CT molecular complexity index is 726. The third-order valence-corrected chi connectivity index (χ3v) is 5.28. The monoisotopic (exact) mass is 353 g/mol. The van der Waals surface area contributed by atoms with Crippen LogP contribution in [-0.2, 0) is 15.8 Å². The van der Waals surface area contributed by atoms with Crippen LogP contribution >= 0.6 is 0 Å². The molecule has 1 saturated carbocycles. The molecule has 0 N–H and O–H groups in total. The van der Waals surface area contributed by atoms with Gasteiger partial charge < -0.3 is 0 Å². The third kappa shape index (κ3) is 3.18. The summed E-state index contributed by atoms with van der Waals surface area (Å²) < 4.78 is 38.9. The Morgan fingerprint density at radius 2 is 1.84 bits per heavy atom. The van der Waals surface area contributed by atoms with E-state index >= 15 is 0 Å². The predicted molar refractivity (Wildman–Crippen MR) is 87.8 cm³/mol. The van der Waals surface area contributed by atoms with E-state index in [1.807, 2.05) is 0 Å². The Morgan fingerprint density at radius 1 is 1.16 bits per heavy atom. The number of carbonyl (C=O) groups is 2. The third-order valence-electron chi connectivity index (χ3n) is 5.28. The van der Waals surface area contributed by atoms with Crippen molar-refractivity contribution in [2.75, 3.05) is 4.90 Å². The number of nitrogens with zero attached hydrogens (tertiary/aromatic N) is 1. The molecule has 0 unspecified atom stereocenters. The molecule has 25 heavy (non-hydrogen) atoms. The van der Waals surface area contributed by atoms with Crippen LogP contribution in [0.15, 0.2) is 24.3 Å². The Morgan fingerprint density at radius 3 is 2.44 bits per heavy atom. The van der Waals surface area contributed by atoms with Crippen LogP contribution in [0.2, 0.25) is 0 Å². The normalized spacial score (nSPS) is 29.5. The summed E-state index contributed by atoms with van der Waals surface area (Å²) in [6.07, 6.45) is -2.27. The molecule has 3 rings (SSSR count). The molecule has 1 saturated heterocycles. The number of benzene rings is 1. The summed E-state index contributed by atoms with van der Waals surface area (Å²) >= 11 is 0. The van der Waals surface area contributed by atoms with Gasteiger partial charge in [0, 0.05) is 6.42 Å². The number of halogens is 3. The smallest absolute Gasteiger partial charge is 0.274 e. The SMILES string of the molecule is C[C@H]1CC(C)(C)C[C@@]2(CC(=O)N(c3cccc(C(F)(F)F)c3)C2=O)C1. The second-order valence-corrected chi connectivity index (χ2v) is 8.39. The molecule has 2 fully saturated rings. The zero-order valence-electron chi connectivity index (χ0n) is 14.6. The summed E-state index contributed by atoms with van der Waals surface area (Å²) in [5, 5.41) is 0. The second-order valence-electron chi connectivity index (χ2n) is 8.39. The van der Waals surface area contributed by atoms with Crippen LogP contribution in [0.5, 0.6) is 0 Å². The molecule has 0 bridgehead atoms. The number of alkyl halides is 3. The van der Waals surface area contributed by atoms with Crippen LogP contribution in [0.4, 0.5) is 18.9 Å². The van der Waals surface area contributed by atoms with E-state index in [0.717, 1.165) is 23.5 Å². The summed E-state index contributed by atoms with van der Waals surface area (Å²) in [5.41, 5.74) is -1.70. The fourth-order valence-corrected chi connectivity index (χ4v) is 4.92. The zero-order chi connectivity index (χ0) is 18.6. The van der Waals surface area contributed by atoms with Gasteiger partial charge >= 0.3 is 6.18 Å². The van der Waals surface area contributed by atoms with Gasteiger partial charge in [0.25, 0.3) is 0 Å². The molecule has 2 amide bonds. The van der Waals surface area contributed by atoms with Crippen molar-refractivity contribution in [3.05, 3.63) is 29.8 Å². The highest BCUT2D eigenvalue weighted by atomic mass is 19.4. The maximum Gasteiger partial charge on any atom is 0.416 e. The van der Waals surface area contributed by atoms with Crippen molar-refractivity contribution in [2.24, 2.45) is 16.7 Å². The average Bonchev–Trinajstić information content (AvgIpc) is 2.66. The molecule has 6 heteroatoms. The maximum absolute atomic E-state index is 13.1. The van der Waals surface area contributed by atoms with E-state index in [4.69, 9.17) is 0 Å². The van der Waals surface area contributed by atoms with Gasteiger partial charge in [-0.15, -0.1) is 0 Å². The van der Waals surface area contributed by atoms with Crippen molar-refractivity contribution < 1.29 is 22.8 Å². The van der Waals surface area contributed by atoms with Gasteiger partial charge in [-0.05, 0) is 48.8 Å². The number of anilines is 1. The van der Waals surface area contributed by atoms with Crippen molar-refractivity contribution >= 4 is 17.5 Å². The lowest BCUT2D eigenvalue weighted by Crippen LogP contribution is -2.43. The summed E-state index contributed by atoms with van der Waals surface area (Å²) in [7, 11) is 0. The minimum Gasteiger partial charge on any atom is -0.274 e. The number of carbonyl (C=O) groups excluding carboxylic acids is 2. The van der Waals surface area contributed by atoms with Crippen molar-refractivity contribution in [1.82, 2.24) is 0 Å². The largest absolute Gasteiger partial charge is 0.416 e. The second kappa shape index (κ2) is 5.58. The molecule has 1 aromatic rings. The number of imide groups is 1. The fourth-order valence-electron chi connectivity index (χ4n) is 4.92. The topological polar surface area (TPSA) is 37.4 Å². The Labute approximate surface area is 145 Å². The van der Waals surface area contributed by atoms with Gasteiger partial charge in [0.1, 0.15) is 0 Å². The van der Waals surface area contributed by atoms with Gasteiger partial charge in [-0.2, -0.15) is 13.2 Å². The van der Waals surface area contributed by atoms with Crippen molar-refractivity contribution in [2.45, 2.75) is 52.6 Å². The summed E-state index contributed by atoms with van der Waals surface area (Å²) in [5.74, 6) is -0.465. The highest BCUT2D eigenvalue weighted by Gasteiger charge is 2.56. The van der Waals surface area contributed by atoms with Gasteiger partial charge in [-0.25, -0.2) is 0 Å². The Kier molecular flexibility index (Phi) is 4.01. The molecule has 1 aromatic carbocycles. The van der Waals surface area contributed by atoms with E-state index in [-0.39, 0.29) is 23.4 Å². The molecule has 1 aliphatic heterocycles. The average molecular weight is 353 g/mol. The lowest BCUT2D eigenvalue weighted by atomic mass is 9.59. The van der Waals surface area contributed by atoms with Crippen LogP contribution < -0.4 is 4.90 Å². The lowest BCUT2D eigenvalue weighted by molar-refractivity contribution is -0.137. The summed E-state index contributed by atoms with van der Waals surface area (Å²) in [6.45, 7) is 6.22. The minimum absolute atomic E-state index is 0.0118. The molecule has 2 aliphatic rings. The van der Waals surface area contributed by atoms with Gasteiger partial charge in [-0.3, -0.25) is 14.5 Å². The highest BCUT2D eigenvalue weighted by molar-refractivity contribution is 6.22. The number of amides is 2. The first-order chi connectivity index (χ1) is 11.4. The first-order valence-electron chi connectivity index (χ1n) is 8.48. The van der Waals surface area contributed by atoms with E-state index in [1.54, 1.807) is 0 Å². The van der Waals surface area contributed by atoms with Crippen LogP contribution in [0.1, 0.15) is 52.0 Å². The van der Waals surface area contributed by atoms with E-state index in [9.17, 15) is 22.8 Å². The lowest BCUT2D eigenvalue weighted by Gasteiger charge is -2.44. The Hall–Kier alpha value is -1.85. The van der Waals surface area contributed by atoms with Crippen molar-refractivity contribution in [3.8, 4) is 0 Å². The highest BCUT2D eigenvalue weighted by Crippen LogP contribution is 2.54. The molecule has 1 spiro atoms. The van der Waals surface area contributed by atoms with Crippen LogP contribution in [-0.4, -0.2) is 11.8 Å². The molecule has 0 radical (unpaired) electrons. The van der Waals surface area contributed by atoms with Gasteiger partial charge in [0.05, 0.1) is 16.7 Å². The molecule has 0 aromatic heterocycles. The Balaban J connectivity index is 1.98. The number of rotatable bonds is 1. The van der Waals surface area contributed by atoms with E-state index in [0.29, 0.717) is 18.8 Å². The van der Waals surface area contributed by atoms with E-state index in [2.05, 4.69) is 20.8 Å². The number of hydrogen-bond acceptors (Lipinski definition) is 2. The van der Waals surface area contributed by atoms with Crippen LogP contribution in [0, 0.1) is 16.7 Å². The molecular weight excluding hydrogens is 331 g/mol. The van der Waals surface area contributed by atoms with Crippen molar-refractivity contribution in [1.29, 1.82) is 0 Å². The van der Waals surface area contributed by atoms with E-state index < -0.39 is 23.1 Å². The first-order valence-corrected chi connectivity index (χ1v) is 8.48. The van der Waals surface area contributed by atoms with Crippen LogP contribution in [0.3, 0.4) is 0 Å². The summed E-state index contributed by atoms with van der Waals surface area (Å²) in [4.78, 5) is 26.6. The zero-order valence-corrected chi connectivity index (χ0v) is 14.6. The van der Waals surface area contributed by atoms with Gasteiger partial charge in [-0.1, -0.05) is 26.8 Å². The van der Waals surface area contributed by atoms with Gasteiger partial charge in [0.2, 0.25) is 11.8 Å². The minimum atomic E-state index is -4.51. The van der Waals surface area contributed by atoms with Gasteiger partial charge in [0.15, 0.2) is 0 Å². The molecule has 1 heterocycles. The summed E-state index contributed by atoms with van der Waals surface area (Å²) in [6, 6.07) is 4.45. The maximum atomic E-state index is 13.1. The number of hydrogen-bond donors (Lipinski definition) is 0. The van der Waals surface area contributed by atoms with E-state index in [1.165, 1.54) is 12.1 Å². The molecule has 3 nitrogen and oxygen atoms in total.